The van der Waals surface area contributed by atoms with Gasteiger partial charge in [-0.1, -0.05) is 11.8 Å². The van der Waals surface area contributed by atoms with E-state index in [0.717, 1.165) is 17.1 Å². The Labute approximate surface area is 110 Å². The normalized spacial score (nSPS) is 10.2. The van der Waals surface area contributed by atoms with Crippen molar-refractivity contribution < 1.29 is 9.47 Å². The van der Waals surface area contributed by atoms with Crippen LogP contribution in [0.25, 0.3) is 11.3 Å². The maximum absolute atomic E-state index is 5.32. The van der Waals surface area contributed by atoms with Gasteiger partial charge in [-0.2, -0.15) is 5.10 Å². The third-order valence-electron chi connectivity index (χ3n) is 2.40. The summed E-state index contributed by atoms with van der Waals surface area (Å²) in [4.78, 5) is 4.40. The third-order valence-corrected chi connectivity index (χ3v) is 2.94. The van der Waals surface area contributed by atoms with Gasteiger partial charge in [0.25, 0.3) is 0 Å². The quantitative estimate of drug-likeness (QED) is 0.789. The van der Waals surface area contributed by atoms with Crippen LogP contribution in [-0.4, -0.2) is 35.7 Å². The van der Waals surface area contributed by atoms with Crippen LogP contribution in [0.15, 0.2) is 29.6 Å². The first-order valence-corrected chi connectivity index (χ1v) is 6.47. The Morgan fingerprint density at radius 2 is 2.00 bits per heavy atom. The molecule has 0 saturated heterocycles. The van der Waals surface area contributed by atoms with Gasteiger partial charge in [0.15, 0.2) is 0 Å². The van der Waals surface area contributed by atoms with Gasteiger partial charge in [-0.25, -0.2) is 4.98 Å². The summed E-state index contributed by atoms with van der Waals surface area (Å²) in [7, 11) is 3.24. The fourth-order valence-corrected chi connectivity index (χ4v) is 1.84. The number of benzene rings is 1. The molecule has 0 aliphatic heterocycles. The fraction of sp³-hybridized carbons (Fsp3) is 0.250. The van der Waals surface area contributed by atoms with E-state index < -0.39 is 0 Å². The van der Waals surface area contributed by atoms with E-state index in [2.05, 4.69) is 15.2 Å². The highest BCUT2D eigenvalue weighted by Gasteiger charge is 2.10. The largest absolute Gasteiger partial charge is 0.497 e. The molecule has 2 aromatic rings. The highest BCUT2D eigenvalue weighted by molar-refractivity contribution is 7.98. The van der Waals surface area contributed by atoms with Gasteiger partial charge in [-0.15, -0.1) is 5.10 Å². The first kappa shape index (κ1) is 12.6. The summed E-state index contributed by atoms with van der Waals surface area (Å²) in [6, 6.07) is 5.55. The minimum absolute atomic E-state index is 0.623. The minimum Gasteiger partial charge on any atom is -0.497 e. The molecule has 0 fully saturated rings. The van der Waals surface area contributed by atoms with E-state index >= 15 is 0 Å². The molecule has 0 unspecified atom stereocenters. The Balaban J connectivity index is 2.53. The summed E-state index contributed by atoms with van der Waals surface area (Å²) < 4.78 is 10.5. The van der Waals surface area contributed by atoms with Crippen LogP contribution in [0.5, 0.6) is 11.5 Å². The lowest BCUT2D eigenvalue weighted by molar-refractivity contribution is 0.404. The van der Waals surface area contributed by atoms with E-state index in [-0.39, 0.29) is 0 Å². The number of methoxy groups -OCH3 is 2. The van der Waals surface area contributed by atoms with Crippen molar-refractivity contribution >= 4 is 11.8 Å². The van der Waals surface area contributed by atoms with Crippen molar-refractivity contribution in [3.8, 4) is 22.8 Å². The van der Waals surface area contributed by atoms with Gasteiger partial charge in [0.1, 0.15) is 11.5 Å². The second-order valence-corrected chi connectivity index (χ2v) is 4.17. The third kappa shape index (κ3) is 2.53. The van der Waals surface area contributed by atoms with Crippen LogP contribution in [0.3, 0.4) is 0 Å². The van der Waals surface area contributed by atoms with Crippen molar-refractivity contribution in [1.29, 1.82) is 0 Å². The van der Waals surface area contributed by atoms with Crippen molar-refractivity contribution in [1.82, 2.24) is 15.2 Å². The molecule has 0 atom stereocenters. The molecule has 1 aromatic heterocycles. The summed E-state index contributed by atoms with van der Waals surface area (Å²) in [5, 5.41) is 8.47. The van der Waals surface area contributed by atoms with Gasteiger partial charge in [0, 0.05) is 5.56 Å². The van der Waals surface area contributed by atoms with Crippen LogP contribution in [0.4, 0.5) is 0 Å². The predicted octanol–water partition coefficient (Wildman–Crippen LogP) is 2.28. The van der Waals surface area contributed by atoms with E-state index in [4.69, 9.17) is 9.47 Å². The SMILES string of the molecule is COc1ccc(OC)c(-c2cnnc(SC)n2)c1. The number of thioether (sulfide) groups is 1. The second kappa shape index (κ2) is 5.68. The number of hydrogen-bond donors (Lipinski definition) is 0. The lowest BCUT2D eigenvalue weighted by Gasteiger charge is -2.09. The van der Waals surface area contributed by atoms with Crippen LogP contribution in [0.1, 0.15) is 0 Å². The molecule has 0 bridgehead atoms. The zero-order valence-corrected chi connectivity index (χ0v) is 11.2. The van der Waals surface area contributed by atoms with Gasteiger partial charge in [0.2, 0.25) is 5.16 Å². The number of nitrogens with zero attached hydrogens (tertiary/aromatic N) is 3. The Hall–Kier alpha value is -1.82. The highest BCUT2D eigenvalue weighted by Crippen LogP contribution is 2.32. The monoisotopic (exact) mass is 263 g/mol. The minimum atomic E-state index is 0.623. The maximum atomic E-state index is 5.32. The van der Waals surface area contributed by atoms with E-state index in [1.165, 1.54) is 11.8 Å². The molecule has 0 saturated carbocycles. The fourth-order valence-electron chi connectivity index (χ4n) is 1.52. The summed E-state index contributed by atoms with van der Waals surface area (Å²) in [5.41, 5.74) is 1.55. The number of hydrogen-bond acceptors (Lipinski definition) is 6. The Kier molecular flexibility index (Phi) is 3.99. The first-order valence-electron chi connectivity index (χ1n) is 5.24. The summed E-state index contributed by atoms with van der Waals surface area (Å²) in [6.07, 6.45) is 3.51. The lowest BCUT2D eigenvalue weighted by Crippen LogP contribution is -1.96. The molecule has 5 nitrogen and oxygen atoms in total. The molecular weight excluding hydrogens is 250 g/mol. The smallest absolute Gasteiger partial charge is 0.209 e. The van der Waals surface area contributed by atoms with Crippen LogP contribution in [0.2, 0.25) is 0 Å². The van der Waals surface area contributed by atoms with Crippen LogP contribution in [0, 0.1) is 0 Å². The van der Waals surface area contributed by atoms with E-state index in [0.29, 0.717) is 10.9 Å². The Bertz CT molecular complexity index is 549. The lowest BCUT2D eigenvalue weighted by atomic mass is 10.1. The summed E-state index contributed by atoms with van der Waals surface area (Å²) in [5.74, 6) is 1.47. The van der Waals surface area contributed by atoms with Crippen molar-refractivity contribution in [2.45, 2.75) is 5.16 Å². The molecule has 1 aromatic carbocycles. The van der Waals surface area contributed by atoms with Gasteiger partial charge in [0.05, 0.1) is 26.1 Å². The van der Waals surface area contributed by atoms with Gasteiger partial charge < -0.3 is 9.47 Å². The van der Waals surface area contributed by atoms with Crippen molar-refractivity contribution in [2.75, 3.05) is 20.5 Å². The number of rotatable bonds is 4. The van der Waals surface area contributed by atoms with Crippen LogP contribution >= 0.6 is 11.8 Å². The molecule has 0 radical (unpaired) electrons. The standard InChI is InChI=1S/C12H13N3O2S/c1-16-8-4-5-11(17-2)9(6-8)10-7-13-15-12(14-10)18-3/h4-7H,1-3H3. The summed E-state index contributed by atoms with van der Waals surface area (Å²) in [6.45, 7) is 0. The molecular formula is C12H13N3O2S. The van der Waals surface area contributed by atoms with Crippen LogP contribution < -0.4 is 9.47 Å². The molecule has 0 N–H and O–H groups in total. The molecule has 2 rings (SSSR count). The van der Waals surface area contributed by atoms with Gasteiger partial charge >= 0.3 is 0 Å². The van der Waals surface area contributed by atoms with E-state index in [1.807, 2.05) is 24.5 Å². The van der Waals surface area contributed by atoms with E-state index in [9.17, 15) is 0 Å². The van der Waals surface area contributed by atoms with E-state index in [1.54, 1.807) is 20.4 Å². The zero-order valence-electron chi connectivity index (χ0n) is 10.4. The Morgan fingerprint density at radius 1 is 1.17 bits per heavy atom. The van der Waals surface area contributed by atoms with Crippen molar-refractivity contribution in [2.24, 2.45) is 0 Å². The number of ether oxygens (including phenoxy) is 2. The summed E-state index contributed by atoms with van der Waals surface area (Å²) >= 11 is 1.44. The number of aromatic nitrogens is 3. The molecule has 0 aliphatic carbocycles. The average molecular weight is 263 g/mol. The molecule has 94 valence electrons. The molecule has 18 heavy (non-hydrogen) atoms. The van der Waals surface area contributed by atoms with Gasteiger partial charge in [-0.3, -0.25) is 0 Å². The predicted molar refractivity (Wildman–Crippen MR) is 70.1 cm³/mol. The topological polar surface area (TPSA) is 57.1 Å². The van der Waals surface area contributed by atoms with Crippen molar-refractivity contribution in [3.63, 3.8) is 0 Å². The first-order chi connectivity index (χ1) is 8.78. The maximum Gasteiger partial charge on any atom is 0.209 e. The highest BCUT2D eigenvalue weighted by atomic mass is 32.2. The van der Waals surface area contributed by atoms with Crippen molar-refractivity contribution in [3.05, 3.63) is 24.4 Å². The van der Waals surface area contributed by atoms with Gasteiger partial charge in [-0.05, 0) is 24.5 Å². The molecule has 6 heteroatoms. The molecule has 0 spiro atoms. The molecule has 1 heterocycles. The second-order valence-electron chi connectivity index (χ2n) is 3.39. The molecule has 0 amide bonds. The van der Waals surface area contributed by atoms with Crippen LogP contribution in [-0.2, 0) is 0 Å². The molecule has 0 aliphatic rings. The average Bonchev–Trinajstić information content (AvgIpc) is 2.46. The Morgan fingerprint density at radius 3 is 2.67 bits per heavy atom. The zero-order chi connectivity index (χ0) is 13.0.